The van der Waals surface area contributed by atoms with Crippen molar-refractivity contribution in [3.63, 3.8) is 0 Å². The molecule has 0 aliphatic heterocycles. The van der Waals surface area contributed by atoms with Crippen molar-refractivity contribution < 1.29 is 0 Å². The molecule has 1 heteroatoms. The van der Waals surface area contributed by atoms with Crippen molar-refractivity contribution in [2.45, 2.75) is 19.3 Å². The molecule has 10 heavy (non-hydrogen) atoms. The third kappa shape index (κ3) is 1.01. The van der Waals surface area contributed by atoms with Crippen molar-refractivity contribution in [3.05, 3.63) is 17.9 Å². The topological polar surface area (TPSA) is 0 Å². The molecule has 2 bridgehead atoms. The molecule has 0 amide bonds. The summed E-state index contributed by atoms with van der Waals surface area (Å²) in [6.07, 6.45) is 6.82. The zero-order valence-electron chi connectivity index (χ0n) is 6.18. The molecule has 1 radical (unpaired) electrons. The van der Waals surface area contributed by atoms with Gasteiger partial charge in [-0.15, -0.1) is 11.8 Å². The molecule has 55 valence electrons. The number of allylic oxidation sites excluding steroid dienone is 2. The quantitative estimate of drug-likeness (QED) is 0.588. The van der Waals surface area contributed by atoms with E-state index in [1.165, 1.54) is 19.3 Å². The molecule has 0 heterocycles. The Morgan fingerprint density at radius 2 is 2.50 bits per heavy atom. The highest BCUT2D eigenvalue weighted by molar-refractivity contribution is 8.03. The number of thioether (sulfide) groups is 1. The predicted molar refractivity (Wildman–Crippen MR) is 46.7 cm³/mol. The molecular formula is C9H13S. The van der Waals surface area contributed by atoms with Crippen LogP contribution in [0.3, 0.4) is 0 Å². The normalized spacial score (nSPS) is 36.7. The van der Waals surface area contributed by atoms with Gasteiger partial charge in [-0.3, -0.25) is 0 Å². The van der Waals surface area contributed by atoms with E-state index in [4.69, 9.17) is 0 Å². The van der Waals surface area contributed by atoms with Gasteiger partial charge in [-0.2, -0.15) is 0 Å². The van der Waals surface area contributed by atoms with Gasteiger partial charge in [0.1, 0.15) is 0 Å². The Labute approximate surface area is 67.1 Å². The van der Waals surface area contributed by atoms with Crippen LogP contribution in [-0.4, -0.2) is 5.75 Å². The highest BCUT2D eigenvalue weighted by atomic mass is 32.2. The van der Waals surface area contributed by atoms with Gasteiger partial charge < -0.3 is 0 Å². The SMILES string of the molecule is [CH2]CSC1=CC2CCC1C2. The molecular weight excluding hydrogens is 140 g/mol. The maximum atomic E-state index is 3.85. The van der Waals surface area contributed by atoms with Crippen LogP contribution in [0.2, 0.25) is 0 Å². The zero-order valence-corrected chi connectivity index (χ0v) is 6.99. The summed E-state index contributed by atoms with van der Waals surface area (Å²) >= 11 is 1.95. The standard InChI is InChI=1S/C9H13S/c1-2-10-9-6-7-3-4-8(9)5-7/h6-8H,1-5H2. The second-order valence-corrected chi connectivity index (χ2v) is 4.36. The number of rotatable bonds is 2. The van der Waals surface area contributed by atoms with Crippen molar-refractivity contribution in [2.24, 2.45) is 11.8 Å². The highest BCUT2D eigenvalue weighted by Gasteiger charge is 2.32. The molecule has 0 nitrogen and oxygen atoms in total. The van der Waals surface area contributed by atoms with Crippen LogP contribution in [0.1, 0.15) is 19.3 Å². The molecule has 0 aromatic heterocycles. The van der Waals surface area contributed by atoms with E-state index in [0.717, 1.165) is 17.6 Å². The summed E-state index contributed by atoms with van der Waals surface area (Å²) in [6, 6.07) is 0. The van der Waals surface area contributed by atoms with Gasteiger partial charge in [-0.05, 0) is 48.7 Å². The minimum absolute atomic E-state index is 0.941. The van der Waals surface area contributed by atoms with Crippen LogP contribution < -0.4 is 0 Å². The summed E-state index contributed by atoms with van der Waals surface area (Å²) < 4.78 is 0. The van der Waals surface area contributed by atoms with Crippen LogP contribution >= 0.6 is 11.8 Å². The summed E-state index contributed by atoms with van der Waals surface area (Å²) in [5.41, 5.74) is 0. The molecule has 2 unspecified atom stereocenters. The average molecular weight is 153 g/mol. The Morgan fingerprint density at radius 1 is 1.60 bits per heavy atom. The van der Waals surface area contributed by atoms with Crippen LogP contribution in [0.5, 0.6) is 0 Å². The van der Waals surface area contributed by atoms with Gasteiger partial charge >= 0.3 is 0 Å². The average Bonchev–Trinajstić information content (AvgIpc) is 2.48. The van der Waals surface area contributed by atoms with E-state index in [2.05, 4.69) is 13.0 Å². The van der Waals surface area contributed by atoms with Gasteiger partial charge in [-0.25, -0.2) is 0 Å². The molecule has 2 atom stereocenters. The fourth-order valence-electron chi connectivity index (χ4n) is 2.08. The van der Waals surface area contributed by atoms with Crippen LogP contribution in [0.15, 0.2) is 11.0 Å². The molecule has 0 aromatic carbocycles. The van der Waals surface area contributed by atoms with E-state index in [1.807, 2.05) is 11.8 Å². The lowest BCUT2D eigenvalue weighted by molar-refractivity contribution is 0.686. The number of hydrogen-bond acceptors (Lipinski definition) is 1. The van der Waals surface area contributed by atoms with Crippen molar-refractivity contribution in [1.29, 1.82) is 0 Å². The van der Waals surface area contributed by atoms with Crippen LogP contribution in [0.25, 0.3) is 0 Å². The smallest absolute Gasteiger partial charge is 0.00229 e. The Balaban J connectivity index is 2.03. The largest absolute Gasteiger partial charge is 0.131 e. The molecule has 0 saturated heterocycles. The van der Waals surface area contributed by atoms with E-state index in [-0.39, 0.29) is 0 Å². The lowest BCUT2D eigenvalue weighted by atomic mass is 10.1. The Kier molecular flexibility index (Phi) is 1.77. The van der Waals surface area contributed by atoms with E-state index < -0.39 is 0 Å². The lowest BCUT2D eigenvalue weighted by Crippen LogP contribution is -1.93. The third-order valence-electron chi connectivity index (χ3n) is 2.54. The van der Waals surface area contributed by atoms with Gasteiger partial charge in [0.05, 0.1) is 0 Å². The van der Waals surface area contributed by atoms with Crippen molar-refractivity contribution in [2.75, 3.05) is 5.75 Å². The molecule has 0 aromatic rings. The maximum Gasteiger partial charge on any atom is -0.00229 e. The van der Waals surface area contributed by atoms with E-state index in [0.29, 0.717) is 0 Å². The van der Waals surface area contributed by atoms with Gasteiger partial charge in [0, 0.05) is 0 Å². The molecule has 2 aliphatic rings. The molecule has 0 spiro atoms. The molecule has 2 rings (SSSR count). The zero-order chi connectivity index (χ0) is 6.97. The van der Waals surface area contributed by atoms with E-state index in [1.54, 1.807) is 4.91 Å². The van der Waals surface area contributed by atoms with Crippen LogP contribution in [-0.2, 0) is 0 Å². The fourth-order valence-corrected chi connectivity index (χ4v) is 3.05. The number of fused-ring (bicyclic) bond motifs is 2. The van der Waals surface area contributed by atoms with Gasteiger partial charge in [0.15, 0.2) is 0 Å². The van der Waals surface area contributed by atoms with Crippen molar-refractivity contribution >= 4 is 11.8 Å². The molecule has 0 N–H and O–H groups in total. The first-order valence-corrected chi connectivity index (χ1v) is 5.02. The lowest BCUT2D eigenvalue weighted by Gasteiger charge is -2.10. The minimum atomic E-state index is 0.941. The highest BCUT2D eigenvalue weighted by Crippen LogP contribution is 2.47. The van der Waals surface area contributed by atoms with Crippen molar-refractivity contribution in [3.8, 4) is 0 Å². The first kappa shape index (κ1) is 6.78. The first-order valence-electron chi connectivity index (χ1n) is 4.04. The second kappa shape index (κ2) is 2.61. The van der Waals surface area contributed by atoms with Crippen LogP contribution in [0.4, 0.5) is 0 Å². The van der Waals surface area contributed by atoms with E-state index >= 15 is 0 Å². The summed E-state index contributed by atoms with van der Waals surface area (Å²) in [5, 5.41) is 0. The first-order chi connectivity index (χ1) is 4.90. The number of hydrogen-bond donors (Lipinski definition) is 0. The fraction of sp³-hybridized carbons (Fsp3) is 0.667. The van der Waals surface area contributed by atoms with Crippen LogP contribution in [0, 0.1) is 18.8 Å². The summed E-state index contributed by atoms with van der Waals surface area (Å²) in [7, 11) is 0. The monoisotopic (exact) mass is 153 g/mol. The molecule has 1 saturated carbocycles. The van der Waals surface area contributed by atoms with Gasteiger partial charge in [-0.1, -0.05) is 6.08 Å². The molecule has 1 fully saturated rings. The second-order valence-electron chi connectivity index (χ2n) is 3.19. The maximum absolute atomic E-state index is 3.85. The molecule has 2 aliphatic carbocycles. The predicted octanol–water partition coefficient (Wildman–Crippen LogP) is 2.87. The van der Waals surface area contributed by atoms with Crippen molar-refractivity contribution in [1.82, 2.24) is 0 Å². The van der Waals surface area contributed by atoms with Gasteiger partial charge in [0.25, 0.3) is 0 Å². The Morgan fingerprint density at radius 3 is 3.00 bits per heavy atom. The summed E-state index contributed by atoms with van der Waals surface area (Å²) in [4.78, 5) is 1.64. The third-order valence-corrected chi connectivity index (χ3v) is 3.55. The minimum Gasteiger partial charge on any atom is -0.131 e. The Hall–Kier alpha value is 0.0900. The van der Waals surface area contributed by atoms with Gasteiger partial charge in [0.2, 0.25) is 0 Å². The summed E-state index contributed by atoms with van der Waals surface area (Å²) in [6.45, 7) is 3.85. The van der Waals surface area contributed by atoms with E-state index in [9.17, 15) is 0 Å². The summed E-state index contributed by atoms with van der Waals surface area (Å²) in [5.74, 6) is 2.89. The Bertz CT molecular complexity index is 160.